The Balaban J connectivity index is 1.88. The number of nitrogens with zero attached hydrogens (tertiary/aromatic N) is 2. The number of carbonyl (C=O) groups excluding carboxylic acids is 2. The molecule has 0 aromatic rings. The molecule has 5 nitrogen and oxygen atoms in total. The fourth-order valence-corrected chi connectivity index (χ4v) is 3.96. The fraction of sp³-hybridized carbons (Fsp3) is 0.818. The summed E-state index contributed by atoms with van der Waals surface area (Å²) < 4.78 is 2.22. The average Bonchev–Trinajstić information content (AvgIpc) is 2.60. The highest BCUT2D eigenvalue weighted by molar-refractivity contribution is 14.1. The van der Waals surface area contributed by atoms with Crippen LogP contribution in [-0.2, 0) is 9.59 Å². The van der Waals surface area contributed by atoms with Crippen LogP contribution in [0.1, 0.15) is 20.3 Å². The van der Waals surface area contributed by atoms with Crippen LogP contribution in [0.3, 0.4) is 0 Å². The fourth-order valence-electron chi connectivity index (χ4n) is 2.52. The predicted octanol–water partition coefficient (Wildman–Crippen LogP) is 0.395. The smallest absolute Gasteiger partial charge is 0.311 e. The van der Waals surface area contributed by atoms with E-state index in [4.69, 9.17) is 0 Å². The lowest BCUT2D eigenvalue weighted by Crippen LogP contribution is -2.54. The predicted molar refractivity (Wildman–Crippen MR) is 72.5 cm³/mol. The van der Waals surface area contributed by atoms with Gasteiger partial charge in [-0.15, -0.1) is 0 Å². The third-order valence-electron chi connectivity index (χ3n) is 3.35. The van der Waals surface area contributed by atoms with Crippen LogP contribution < -0.4 is 5.32 Å². The summed E-state index contributed by atoms with van der Waals surface area (Å²) in [5.41, 5.74) is 0.259. The first-order valence-electron chi connectivity index (χ1n) is 5.92. The largest absolute Gasteiger partial charge is 0.346 e. The zero-order valence-electron chi connectivity index (χ0n) is 10.2. The molecule has 6 heteroatoms. The summed E-state index contributed by atoms with van der Waals surface area (Å²) in [6, 6.07) is 0.0107. The van der Waals surface area contributed by atoms with E-state index in [1.54, 1.807) is 4.90 Å². The molecule has 0 unspecified atom stereocenters. The van der Waals surface area contributed by atoms with Crippen molar-refractivity contribution in [3.8, 4) is 0 Å². The molecule has 1 N–H and O–H groups in total. The summed E-state index contributed by atoms with van der Waals surface area (Å²) in [4.78, 5) is 25.2. The molecule has 1 spiro atoms. The number of carbonyl (C=O) groups is 2. The molecule has 0 bridgehead atoms. The summed E-state index contributed by atoms with van der Waals surface area (Å²) in [5, 5.41) is 2.65. The molecule has 0 radical (unpaired) electrons. The number of rotatable bonds is 1. The zero-order valence-corrected chi connectivity index (χ0v) is 12.4. The Hall–Kier alpha value is -0.370. The Morgan fingerprint density at radius 2 is 1.94 bits per heavy atom. The van der Waals surface area contributed by atoms with Crippen LogP contribution in [0, 0.1) is 5.41 Å². The van der Waals surface area contributed by atoms with E-state index >= 15 is 0 Å². The van der Waals surface area contributed by atoms with Crippen LogP contribution in [0.2, 0.25) is 0 Å². The number of halogens is 1. The van der Waals surface area contributed by atoms with Crippen molar-refractivity contribution in [2.75, 3.05) is 26.2 Å². The lowest BCUT2D eigenvalue weighted by atomic mass is 9.81. The molecule has 2 heterocycles. The molecular weight excluding hydrogens is 333 g/mol. The van der Waals surface area contributed by atoms with Gasteiger partial charge in [0, 0.05) is 60.5 Å². The maximum atomic E-state index is 11.9. The standard InChI is InChI=1S/C11H18IN3O2/c1-8(2)13-9(16)10(17)14-4-3-11(5-14)6-15(12)7-11/h8H,3-7H2,1-2H3,(H,13,16). The van der Waals surface area contributed by atoms with Crippen LogP contribution in [0.4, 0.5) is 0 Å². The Morgan fingerprint density at radius 1 is 1.29 bits per heavy atom. The van der Waals surface area contributed by atoms with Crippen molar-refractivity contribution < 1.29 is 9.59 Å². The lowest BCUT2D eigenvalue weighted by molar-refractivity contribution is -0.145. The van der Waals surface area contributed by atoms with Crippen LogP contribution in [0.25, 0.3) is 0 Å². The van der Waals surface area contributed by atoms with E-state index < -0.39 is 5.91 Å². The van der Waals surface area contributed by atoms with Gasteiger partial charge in [-0.2, -0.15) is 0 Å². The minimum Gasteiger partial charge on any atom is -0.346 e. The van der Waals surface area contributed by atoms with E-state index in [-0.39, 0.29) is 17.4 Å². The number of hydrogen-bond acceptors (Lipinski definition) is 3. The summed E-state index contributed by atoms with van der Waals surface area (Å²) >= 11 is 2.30. The molecule has 96 valence electrons. The van der Waals surface area contributed by atoms with Gasteiger partial charge in [-0.3, -0.25) is 9.59 Å². The molecular formula is C11H18IN3O2. The summed E-state index contributed by atoms with van der Waals surface area (Å²) in [6.45, 7) is 7.23. The van der Waals surface area contributed by atoms with Gasteiger partial charge in [-0.1, -0.05) is 0 Å². The van der Waals surface area contributed by atoms with Crippen molar-refractivity contribution >= 4 is 34.7 Å². The molecule has 2 amide bonds. The van der Waals surface area contributed by atoms with Crippen LogP contribution in [-0.4, -0.2) is 52.0 Å². The van der Waals surface area contributed by atoms with Gasteiger partial charge >= 0.3 is 11.8 Å². The second kappa shape index (κ2) is 4.72. The number of amides is 2. The van der Waals surface area contributed by atoms with E-state index in [0.717, 1.165) is 32.6 Å². The van der Waals surface area contributed by atoms with Crippen molar-refractivity contribution in [3.63, 3.8) is 0 Å². The van der Waals surface area contributed by atoms with Gasteiger partial charge in [0.15, 0.2) is 0 Å². The first-order valence-corrected chi connectivity index (χ1v) is 6.89. The minimum absolute atomic E-state index is 0.0107. The van der Waals surface area contributed by atoms with Gasteiger partial charge < -0.3 is 10.2 Å². The first-order chi connectivity index (χ1) is 7.92. The first kappa shape index (κ1) is 13.1. The van der Waals surface area contributed by atoms with Crippen LogP contribution in [0.15, 0.2) is 0 Å². The lowest BCUT2D eigenvalue weighted by Gasteiger charge is -2.44. The second-order valence-electron chi connectivity index (χ2n) is 5.38. The molecule has 0 aromatic carbocycles. The topological polar surface area (TPSA) is 52.7 Å². The van der Waals surface area contributed by atoms with Gasteiger partial charge in [0.25, 0.3) is 0 Å². The molecule has 2 aliphatic rings. The number of nitrogens with one attached hydrogen (secondary N) is 1. The summed E-state index contributed by atoms with van der Waals surface area (Å²) in [7, 11) is 0. The SMILES string of the molecule is CC(C)NC(=O)C(=O)N1CCC2(CN(I)C2)C1. The molecule has 0 aliphatic carbocycles. The van der Waals surface area contributed by atoms with E-state index in [2.05, 4.69) is 31.3 Å². The molecule has 2 aliphatic heterocycles. The normalized spacial score (nSPS) is 22.9. The Kier molecular flexibility index (Phi) is 3.63. The van der Waals surface area contributed by atoms with Gasteiger partial charge in [-0.05, 0) is 20.3 Å². The molecule has 0 saturated carbocycles. The van der Waals surface area contributed by atoms with E-state index in [1.165, 1.54) is 0 Å². The molecule has 2 rings (SSSR count). The van der Waals surface area contributed by atoms with Crippen molar-refractivity contribution in [1.82, 2.24) is 13.3 Å². The maximum absolute atomic E-state index is 11.9. The molecule has 2 fully saturated rings. The average molecular weight is 351 g/mol. The Labute approximate surface area is 115 Å². The molecule has 2 saturated heterocycles. The maximum Gasteiger partial charge on any atom is 0.311 e. The zero-order chi connectivity index (χ0) is 12.6. The monoisotopic (exact) mass is 351 g/mol. The van der Waals surface area contributed by atoms with E-state index in [1.807, 2.05) is 13.8 Å². The quantitative estimate of drug-likeness (QED) is 0.423. The van der Waals surface area contributed by atoms with Gasteiger partial charge in [0.1, 0.15) is 0 Å². The molecule has 0 aromatic heterocycles. The highest BCUT2D eigenvalue weighted by atomic mass is 127. The van der Waals surface area contributed by atoms with E-state index in [0.29, 0.717) is 0 Å². The van der Waals surface area contributed by atoms with Gasteiger partial charge in [0.05, 0.1) is 0 Å². The summed E-state index contributed by atoms with van der Waals surface area (Å²) in [5.74, 6) is -0.842. The van der Waals surface area contributed by atoms with Crippen LogP contribution >= 0.6 is 22.9 Å². The van der Waals surface area contributed by atoms with Crippen molar-refractivity contribution in [2.45, 2.75) is 26.3 Å². The highest BCUT2D eigenvalue weighted by Crippen LogP contribution is 2.41. The second-order valence-corrected chi connectivity index (χ2v) is 6.75. The Morgan fingerprint density at radius 3 is 2.47 bits per heavy atom. The van der Waals surface area contributed by atoms with Crippen molar-refractivity contribution in [2.24, 2.45) is 5.41 Å². The minimum atomic E-state index is -0.470. The van der Waals surface area contributed by atoms with Gasteiger partial charge in [0.2, 0.25) is 0 Å². The Bertz CT molecular complexity index is 340. The number of likely N-dealkylation sites (tertiary alicyclic amines) is 1. The van der Waals surface area contributed by atoms with Crippen molar-refractivity contribution in [3.05, 3.63) is 0 Å². The molecule has 0 atom stereocenters. The van der Waals surface area contributed by atoms with E-state index in [9.17, 15) is 9.59 Å². The highest BCUT2D eigenvalue weighted by Gasteiger charge is 2.48. The summed E-state index contributed by atoms with van der Waals surface area (Å²) in [6.07, 6.45) is 1.02. The van der Waals surface area contributed by atoms with Crippen LogP contribution in [0.5, 0.6) is 0 Å². The van der Waals surface area contributed by atoms with Crippen molar-refractivity contribution in [1.29, 1.82) is 0 Å². The van der Waals surface area contributed by atoms with Gasteiger partial charge in [-0.25, -0.2) is 3.11 Å². The third kappa shape index (κ3) is 2.73. The number of hydrogen-bond donors (Lipinski definition) is 1. The third-order valence-corrected chi connectivity index (χ3v) is 4.04. The molecule has 17 heavy (non-hydrogen) atoms.